The summed E-state index contributed by atoms with van der Waals surface area (Å²) in [6.45, 7) is 1.34. The van der Waals surface area contributed by atoms with Crippen LogP contribution in [0.3, 0.4) is 0 Å². The number of rotatable bonds is 4. The van der Waals surface area contributed by atoms with Crippen LogP contribution in [0.1, 0.15) is 28.4 Å². The lowest BCUT2D eigenvalue weighted by Crippen LogP contribution is -2.12. The van der Waals surface area contributed by atoms with E-state index in [0.717, 1.165) is 40.1 Å². The van der Waals surface area contributed by atoms with Crippen LogP contribution in [0, 0.1) is 0 Å². The highest BCUT2D eigenvalue weighted by molar-refractivity contribution is 9.10. The zero-order chi connectivity index (χ0) is 16.5. The van der Waals surface area contributed by atoms with Gasteiger partial charge in [0, 0.05) is 16.5 Å². The first-order chi connectivity index (χ1) is 11.7. The maximum atomic E-state index is 6.29. The van der Waals surface area contributed by atoms with Gasteiger partial charge < -0.3 is 10.5 Å². The standard InChI is InChI=1S/C18H17BrN4O/c19-15-8-13-6-7-24-18(13)14(9-15)10-23-11-16(21-22-23)17(20)12-4-2-1-3-5-12/h1-5,8-9,11,17H,6-7,10,20H2. The van der Waals surface area contributed by atoms with Gasteiger partial charge in [0.05, 0.1) is 25.4 Å². The van der Waals surface area contributed by atoms with Gasteiger partial charge in [0.2, 0.25) is 0 Å². The van der Waals surface area contributed by atoms with Crippen LogP contribution in [-0.4, -0.2) is 21.6 Å². The molecule has 1 aromatic heterocycles. The molecule has 0 amide bonds. The Kier molecular flexibility index (Phi) is 4.08. The third-order valence-corrected chi connectivity index (χ3v) is 4.65. The first-order valence-corrected chi connectivity index (χ1v) is 8.64. The summed E-state index contributed by atoms with van der Waals surface area (Å²) in [5.41, 5.74) is 10.4. The summed E-state index contributed by atoms with van der Waals surface area (Å²) in [4.78, 5) is 0. The number of aromatic nitrogens is 3. The molecule has 5 nitrogen and oxygen atoms in total. The van der Waals surface area contributed by atoms with E-state index < -0.39 is 0 Å². The van der Waals surface area contributed by atoms with Gasteiger partial charge in [0.25, 0.3) is 0 Å². The van der Waals surface area contributed by atoms with Crippen LogP contribution in [0.2, 0.25) is 0 Å². The summed E-state index contributed by atoms with van der Waals surface area (Å²) in [5.74, 6) is 0.975. The number of hydrogen-bond donors (Lipinski definition) is 1. The molecule has 0 saturated carbocycles. The molecule has 3 aromatic rings. The number of benzene rings is 2. The lowest BCUT2D eigenvalue weighted by Gasteiger charge is -2.09. The molecule has 1 aliphatic heterocycles. The smallest absolute Gasteiger partial charge is 0.127 e. The molecule has 0 fully saturated rings. The molecule has 4 rings (SSSR count). The summed E-state index contributed by atoms with van der Waals surface area (Å²) in [6, 6.07) is 13.8. The fourth-order valence-corrected chi connectivity index (χ4v) is 3.55. The van der Waals surface area contributed by atoms with E-state index in [1.165, 1.54) is 5.56 Å². The van der Waals surface area contributed by atoms with Crippen LogP contribution < -0.4 is 10.5 Å². The van der Waals surface area contributed by atoms with E-state index in [4.69, 9.17) is 10.5 Å². The fourth-order valence-electron chi connectivity index (χ4n) is 3.00. The third kappa shape index (κ3) is 2.95. The Balaban J connectivity index is 1.58. The predicted molar refractivity (Wildman–Crippen MR) is 94.9 cm³/mol. The Morgan fingerprint density at radius 2 is 2.08 bits per heavy atom. The van der Waals surface area contributed by atoms with Crippen molar-refractivity contribution in [1.82, 2.24) is 15.0 Å². The first kappa shape index (κ1) is 15.4. The average molecular weight is 385 g/mol. The van der Waals surface area contributed by atoms with E-state index in [-0.39, 0.29) is 6.04 Å². The van der Waals surface area contributed by atoms with E-state index in [2.05, 4.69) is 38.4 Å². The fraction of sp³-hybridized carbons (Fsp3) is 0.222. The van der Waals surface area contributed by atoms with Crippen LogP contribution in [0.5, 0.6) is 5.75 Å². The Labute approximate surface area is 148 Å². The summed E-state index contributed by atoms with van der Waals surface area (Å²) in [5, 5.41) is 8.47. The van der Waals surface area contributed by atoms with Gasteiger partial charge in [-0.15, -0.1) is 5.10 Å². The van der Waals surface area contributed by atoms with Gasteiger partial charge in [-0.3, -0.25) is 0 Å². The van der Waals surface area contributed by atoms with Gasteiger partial charge in [-0.05, 0) is 23.3 Å². The van der Waals surface area contributed by atoms with Crippen LogP contribution >= 0.6 is 15.9 Å². The minimum absolute atomic E-state index is 0.274. The molecule has 0 radical (unpaired) electrons. The largest absolute Gasteiger partial charge is 0.493 e. The van der Waals surface area contributed by atoms with Gasteiger partial charge in [-0.2, -0.15) is 0 Å². The molecular formula is C18H17BrN4O. The van der Waals surface area contributed by atoms with E-state index >= 15 is 0 Å². The molecule has 24 heavy (non-hydrogen) atoms. The monoisotopic (exact) mass is 384 g/mol. The molecule has 2 heterocycles. The van der Waals surface area contributed by atoms with Crippen molar-refractivity contribution in [2.45, 2.75) is 19.0 Å². The minimum Gasteiger partial charge on any atom is -0.493 e. The van der Waals surface area contributed by atoms with E-state index in [0.29, 0.717) is 6.54 Å². The second-order valence-corrected chi connectivity index (χ2v) is 6.80. The molecule has 0 spiro atoms. The van der Waals surface area contributed by atoms with Crippen LogP contribution in [-0.2, 0) is 13.0 Å². The third-order valence-electron chi connectivity index (χ3n) is 4.19. The molecule has 1 unspecified atom stereocenters. The molecule has 0 saturated heterocycles. The van der Waals surface area contributed by atoms with Crippen molar-refractivity contribution in [3.63, 3.8) is 0 Å². The lowest BCUT2D eigenvalue weighted by atomic mass is 10.1. The number of hydrogen-bond acceptors (Lipinski definition) is 4. The van der Waals surface area contributed by atoms with Crippen LogP contribution in [0.15, 0.2) is 53.1 Å². The Morgan fingerprint density at radius 3 is 2.92 bits per heavy atom. The number of ether oxygens (including phenoxy) is 1. The van der Waals surface area contributed by atoms with Crippen molar-refractivity contribution >= 4 is 15.9 Å². The highest BCUT2D eigenvalue weighted by Gasteiger charge is 2.19. The summed E-state index contributed by atoms with van der Waals surface area (Å²) >= 11 is 3.57. The van der Waals surface area contributed by atoms with E-state index in [1.807, 2.05) is 41.2 Å². The Morgan fingerprint density at radius 1 is 1.25 bits per heavy atom. The quantitative estimate of drug-likeness (QED) is 0.750. The summed E-state index contributed by atoms with van der Waals surface area (Å²) in [7, 11) is 0. The summed E-state index contributed by atoms with van der Waals surface area (Å²) in [6.07, 6.45) is 2.85. The van der Waals surface area contributed by atoms with E-state index in [1.54, 1.807) is 0 Å². The van der Waals surface area contributed by atoms with E-state index in [9.17, 15) is 0 Å². The van der Waals surface area contributed by atoms with Crippen molar-refractivity contribution < 1.29 is 4.74 Å². The van der Waals surface area contributed by atoms with Crippen molar-refractivity contribution in [3.05, 3.63) is 75.5 Å². The predicted octanol–water partition coefficient (Wildman–Crippen LogP) is 3.07. The molecular weight excluding hydrogens is 368 g/mol. The highest BCUT2D eigenvalue weighted by atomic mass is 79.9. The zero-order valence-corrected chi connectivity index (χ0v) is 14.6. The van der Waals surface area contributed by atoms with Crippen molar-refractivity contribution in [2.75, 3.05) is 6.61 Å². The van der Waals surface area contributed by atoms with Crippen LogP contribution in [0.4, 0.5) is 0 Å². The summed E-state index contributed by atoms with van der Waals surface area (Å²) < 4.78 is 8.64. The molecule has 122 valence electrons. The van der Waals surface area contributed by atoms with Crippen molar-refractivity contribution in [2.24, 2.45) is 5.73 Å². The molecule has 1 aliphatic rings. The number of nitrogens with two attached hydrogens (primary N) is 1. The van der Waals surface area contributed by atoms with Gasteiger partial charge in [0.15, 0.2) is 0 Å². The second kappa shape index (κ2) is 6.37. The zero-order valence-electron chi connectivity index (χ0n) is 13.0. The molecule has 2 aromatic carbocycles. The topological polar surface area (TPSA) is 66.0 Å². The normalized spacial score (nSPS) is 14.2. The second-order valence-electron chi connectivity index (χ2n) is 5.88. The maximum absolute atomic E-state index is 6.29. The van der Waals surface area contributed by atoms with Gasteiger partial charge >= 0.3 is 0 Å². The van der Waals surface area contributed by atoms with Gasteiger partial charge in [-0.1, -0.05) is 51.5 Å². The Bertz CT molecular complexity index is 863. The number of halogens is 1. The molecule has 6 heteroatoms. The molecule has 2 N–H and O–H groups in total. The van der Waals surface area contributed by atoms with Crippen molar-refractivity contribution in [1.29, 1.82) is 0 Å². The van der Waals surface area contributed by atoms with Crippen LogP contribution in [0.25, 0.3) is 0 Å². The van der Waals surface area contributed by atoms with Crippen molar-refractivity contribution in [3.8, 4) is 5.75 Å². The molecule has 0 aliphatic carbocycles. The number of nitrogens with zero attached hydrogens (tertiary/aromatic N) is 3. The highest BCUT2D eigenvalue weighted by Crippen LogP contribution is 2.33. The average Bonchev–Trinajstić information content (AvgIpc) is 3.24. The first-order valence-electron chi connectivity index (χ1n) is 7.85. The lowest BCUT2D eigenvalue weighted by molar-refractivity contribution is 0.352. The maximum Gasteiger partial charge on any atom is 0.127 e. The molecule has 0 bridgehead atoms. The number of fused-ring (bicyclic) bond motifs is 1. The van der Waals surface area contributed by atoms with Gasteiger partial charge in [0.1, 0.15) is 11.4 Å². The minimum atomic E-state index is -0.274. The van der Waals surface area contributed by atoms with Gasteiger partial charge in [-0.25, -0.2) is 4.68 Å². The molecule has 1 atom stereocenters. The Hall–Kier alpha value is -2.18. The SMILES string of the molecule is NC(c1ccccc1)c1cn(Cc2cc(Br)cc3c2OCC3)nn1.